The molecule has 4 aromatic rings. The highest BCUT2D eigenvalue weighted by atomic mass is 16.1. The number of anilines is 1. The number of isocyanates is 2. The second-order valence-corrected chi connectivity index (χ2v) is 5.71. The minimum atomic E-state index is 0.750. The fourth-order valence-corrected chi connectivity index (χ4v) is 2.70. The van der Waals surface area contributed by atoms with Gasteiger partial charge in [0, 0.05) is 18.1 Å². The Morgan fingerprint density at radius 2 is 1.00 bits per heavy atom. The van der Waals surface area contributed by atoms with Gasteiger partial charge in [0.1, 0.15) is 0 Å². The van der Waals surface area contributed by atoms with Crippen LogP contribution in [0.3, 0.4) is 0 Å². The standard InChI is InChI=1S/C12H10.C11H11N.2CHNO/c1-3-7-11(8-4-1)12-9-5-2-6-10-12;1-12-11-8-4-6-9-5-2-3-7-10(9)11;2*2-1-3/h1-10H;2-8,12H,1H3;2*2H. The van der Waals surface area contributed by atoms with Crippen LogP contribution in [-0.2, 0) is 9.59 Å². The van der Waals surface area contributed by atoms with Crippen molar-refractivity contribution in [2.24, 2.45) is 0 Å². The van der Waals surface area contributed by atoms with Crippen LogP contribution in [0.25, 0.3) is 21.9 Å². The summed E-state index contributed by atoms with van der Waals surface area (Å²) in [5.41, 5.74) is 3.74. The maximum absolute atomic E-state index is 8.35. The molecule has 0 amide bonds. The van der Waals surface area contributed by atoms with Crippen LogP contribution in [0.1, 0.15) is 0 Å². The lowest BCUT2D eigenvalue weighted by molar-refractivity contribution is 0.562. The molecule has 4 aromatic carbocycles. The maximum atomic E-state index is 8.35. The van der Waals surface area contributed by atoms with Crippen LogP contribution >= 0.6 is 0 Å². The van der Waals surface area contributed by atoms with E-state index in [4.69, 9.17) is 20.4 Å². The summed E-state index contributed by atoms with van der Waals surface area (Å²) >= 11 is 0. The van der Waals surface area contributed by atoms with E-state index in [1.807, 2.05) is 19.2 Å². The summed E-state index contributed by atoms with van der Waals surface area (Å²) in [4.78, 5) is 16.7. The van der Waals surface area contributed by atoms with Crippen molar-refractivity contribution in [3.8, 4) is 11.1 Å². The van der Waals surface area contributed by atoms with Crippen molar-refractivity contribution in [1.82, 2.24) is 0 Å². The normalized spacial score (nSPS) is 8.43. The smallest absolute Gasteiger partial charge is 0.231 e. The third kappa shape index (κ3) is 8.15. The first-order valence-electron chi connectivity index (χ1n) is 9.05. The van der Waals surface area contributed by atoms with Gasteiger partial charge in [-0.3, -0.25) is 0 Å². The summed E-state index contributed by atoms with van der Waals surface area (Å²) in [6.07, 6.45) is 1.50. The van der Waals surface area contributed by atoms with Crippen LogP contribution in [0, 0.1) is 10.8 Å². The molecule has 150 valence electrons. The molecule has 0 fully saturated rings. The summed E-state index contributed by atoms with van der Waals surface area (Å²) in [5, 5.41) is 16.5. The predicted octanol–water partition coefficient (Wildman–Crippen LogP) is 6.04. The van der Waals surface area contributed by atoms with Crippen molar-refractivity contribution in [3.63, 3.8) is 0 Å². The number of nitrogens with one attached hydrogen (secondary N) is 3. The molecule has 30 heavy (non-hydrogen) atoms. The molecule has 0 saturated carbocycles. The molecule has 4 rings (SSSR count). The van der Waals surface area contributed by atoms with Gasteiger partial charge in [0.2, 0.25) is 12.2 Å². The van der Waals surface area contributed by atoms with Crippen molar-refractivity contribution in [2.75, 3.05) is 12.4 Å². The van der Waals surface area contributed by atoms with E-state index in [1.165, 1.54) is 27.6 Å². The van der Waals surface area contributed by atoms with E-state index in [0.29, 0.717) is 0 Å². The molecule has 5 heteroatoms. The third-order valence-electron chi connectivity index (χ3n) is 3.94. The summed E-state index contributed by atoms with van der Waals surface area (Å²) in [7, 11) is 1.95. The van der Waals surface area contributed by atoms with Gasteiger partial charge in [0.15, 0.2) is 0 Å². The van der Waals surface area contributed by atoms with Crippen molar-refractivity contribution in [3.05, 3.63) is 103 Å². The highest BCUT2D eigenvalue weighted by Gasteiger charge is 1.95. The van der Waals surface area contributed by atoms with Crippen LogP contribution in [0.5, 0.6) is 0 Å². The minimum absolute atomic E-state index is 0.750. The lowest BCUT2D eigenvalue weighted by Crippen LogP contribution is -1.88. The van der Waals surface area contributed by atoms with Crippen LogP contribution in [0.4, 0.5) is 5.69 Å². The van der Waals surface area contributed by atoms with E-state index >= 15 is 0 Å². The molecule has 0 bridgehead atoms. The van der Waals surface area contributed by atoms with E-state index in [-0.39, 0.29) is 0 Å². The van der Waals surface area contributed by atoms with Gasteiger partial charge in [0.25, 0.3) is 0 Å². The second kappa shape index (κ2) is 14.7. The average molecular weight is 397 g/mol. The SMILES string of the molecule is CNc1cccc2ccccc12.N=C=O.N=C=O.c1ccc(-c2ccccc2)cc1. The number of hydrogen-bond acceptors (Lipinski definition) is 5. The summed E-state index contributed by atoms with van der Waals surface area (Å²) < 4.78 is 0. The zero-order valence-corrected chi connectivity index (χ0v) is 16.6. The predicted molar refractivity (Wildman–Crippen MR) is 122 cm³/mol. The second-order valence-electron chi connectivity index (χ2n) is 5.71. The molecule has 0 aliphatic carbocycles. The van der Waals surface area contributed by atoms with Crippen molar-refractivity contribution < 1.29 is 9.59 Å². The Labute approximate surface area is 176 Å². The van der Waals surface area contributed by atoms with Crippen molar-refractivity contribution in [1.29, 1.82) is 10.8 Å². The van der Waals surface area contributed by atoms with E-state index in [9.17, 15) is 0 Å². The fraction of sp³-hybridized carbons (Fsp3) is 0.0400. The third-order valence-corrected chi connectivity index (χ3v) is 3.94. The molecule has 0 aromatic heterocycles. The lowest BCUT2D eigenvalue weighted by Gasteiger charge is -2.04. The van der Waals surface area contributed by atoms with Gasteiger partial charge in [-0.05, 0) is 22.6 Å². The van der Waals surface area contributed by atoms with Crippen LogP contribution in [0.2, 0.25) is 0 Å². The molecule has 0 aliphatic rings. The number of benzene rings is 4. The molecule has 0 saturated heterocycles. The Bertz CT molecular complexity index is 1010. The Hall–Kier alpha value is -4.30. The minimum Gasteiger partial charge on any atom is -0.388 e. The topological polar surface area (TPSA) is 93.9 Å². The van der Waals surface area contributed by atoms with Gasteiger partial charge in [0.05, 0.1) is 0 Å². The van der Waals surface area contributed by atoms with E-state index in [1.54, 1.807) is 0 Å². The molecule has 0 atom stereocenters. The van der Waals surface area contributed by atoms with Crippen LogP contribution < -0.4 is 5.32 Å². The number of carbonyl (C=O) groups excluding carboxylic acids is 2. The Morgan fingerprint density at radius 1 is 0.600 bits per heavy atom. The Balaban J connectivity index is 0.000000239. The zero-order valence-electron chi connectivity index (χ0n) is 16.6. The molecule has 0 spiro atoms. The van der Waals surface area contributed by atoms with E-state index in [0.717, 1.165) is 12.2 Å². The molecule has 0 aliphatic heterocycles. The molecule has 0 radical (unpaired) electrons. The number of hydrogen-bond donors (Lipinski definition) is 3. The molecule has 3 N–H and O–H groups in total. The first-order chi connectivity index (χ1) is 14.7. The van der Waals surface area contributed by atoms with Gasteiger partial charge in [-0.25, -0.2) is 20.4 Å². The number of fused-ring (bicyclic) bond motifs is 1. The fourth-order valence-electron chi connectivity index (χ4n) is 2.70. The molecular formula is C25H23N3O2. The average Bonchev–Trinajstić information content (AvgIpc) is 2.81. The van der Waals surface area contributed by atoms with Crippen molar-refractivity contribution >= 4 is 28.6 Å². The maximum Gasteiger partial charge on any atom is 0.231 e. The van der Waals surface area contributed by atoms with Gasteiger partial charge in [-0.1, -0.05) is 97.1 Å². The first kappa shape index (κ1) is 23.7. The quantitative estimate of drug-likeness (QED) is 0.284. The zero-order chi connectivity index (χ0) is 22.0. The monoisotopic (exact) mass is 397 g/mol. The first-order valence-corrected chi connectivity index (χ1v) is 9.05. The van der Waals surface area contributed by atoms with E-state index < -0.39 is 0 Å². The highest BCUT2D eigenvalue weighted by Crippen LogP contribution is 2.22. The van der Waals surface area contributed by atoms with Crippen LogP contribution in [-0.4, -0.2) is 19.2 Å². The van der Waals surface area contributed by atoms with Gasteiger partial charge in [-0.2, -0.15) is 0 Å². The Morgan fingerprint density at radius 3 is 1.47 bits per heavy atom. The molecule has 5 nitrogen and oxygen atoms in total. The largest absolute Gasteiger partial charge is 0.388 e. The Kier molecular flexibility index (Phi) is 11.6. The van der Waals surface area contributed by atoms with Crippen LogP contribution in [0.15, 0.2) is 103 Å². The summed E-state index contributed by atoms with van der Waals surface area (Å²) in [5.74, 6) is 0. The van der Waals surface area contributed by atoms with Gasteiger partial charge in [-0.15, -0.1) is 0 Å². The molecular weight excluding hydrogens is 374 g/mol. The molecule has 0 unspecified atom stereocenters. The van der Waals surface area contributed by atoms with Gasteiger partial charge >= 0.3 is 0 Å². The van der Waals surface area contributed by atoms with E-state index in [2.05, 4.69) is 96.3 Å². The lowest BCUT2D eigenvalue weighted by atomic mass is 10.1. The molecule has 0 heterocycles. The highest BCUT2D eigenvalue weighted by molar-refractivity contribution is 5.93. The van der Waals surface area contributed by atoms with Crippen molar-refractivity contribution in [2.45, 2.75) is 0 Å². The summed E-state index contributed by atoms with van der Waals surface area (Å²) in [6.45, 7) is 0. The number of rotatable bonds is 2. The van der Waals surface area contributed by atoms with Gasteiger partial charge < -0.3 is 5.32 Å². The summed E-state index contributed by atoms with van der Waals surface area (Å²) in [6, 6.07) is 35.4.